The van der Waals surface area contributed by atoms with Crippen molar-refractivity contribution in [2.75, 3.05) is 19.5 Å². The topological polar surface area (TPSA) is 100 Å². The minimum Gasteiger partial charge on any atom is -0.493 e. The Bertz CT molecular complexity index is 935. The molecule has 3 rings (SSSR count). The van der Waals surface area contributed by atoms with E-state index in [2.05, 4.69) is 10.6 Å². The van der Waals surface area contributed by atoms with Crippen molar-refractivity contribution in [2.45, 2.75) is 13.0 Å². The number of hydrogen-bond donors (Lipinski definition) is 2. The van der Waals surface area contributed by atoms with Gasteiger partial charge in [-0.15, -0.1) is 0 Å². The smallest absolute Gasteiger partial charge is 0.228 e. The van der Waals surface area contributed by atoms with Crippen LogP contribution in [-0.2, 0) is 16.1 Å². The molecule has 2 aromatic rings. The lowest BCUT2D eigenvalue weighted by molar-refractivity contribution is -0.125. The first kappa shape index (κ1) is 19.2. The van der Waals surface area contributed by atoms with Gasteiger partial charge in [0.25, 0.3) is 0 Å². The second-order valence-corrected chi connectivity index (χ2v) is 6.50. The summed E-state index contributed by atoms with van der Waals surface area (Å²) in [5, 5.41) is 14.7. The molecule has 1 aliphatic rings. The molecule has 28 heavy (non-hydrogen) atoms. The first-order chi connectivity index (χ1) is 13.6. The number of nitrogens with one attached hydrogen (secondary N) is 2. The highest BCUT2D eigenvalue weighted by Gasteiger charge is 2.48. The van der Waals surface area contributed by atoms with Crippen LogP contribution in [0.15, 0.2) is 42.5 Å². The molecule has 2 atom stereocenters. The summed E-state index contributed by atoms with van der Waals surface area (Å²) >= 11 is 0. The molecule has 7 nitrogen and oxygen atoms in total. The van der Waals surface area contributed by atoms with Gasteiger partial charge >= 0.3 is 0 Å². The van der Waals surface area contributed by atoms with Crippen LogP contribution in [0.5, 0.6) is 11.5 Å². The monoisotopic (exact) mass is 379 g/mol. The summed E-state index contributed by atoms with van der Waals surface area (Å²) in [6, 6.07) is 14.2. The first-order valence-corrected chi connectivity index (χ1v) is 8.86. The first-order valence-electron chi connectivity index (χ1n) is 8.86. The average molecular weight is 379 g/mol. The summed E-state index contributed by atoms with van der Waals surface area (Å²) in [6.07, 6.45) is 0.498. The Morgan fingerprint density at radius 3 is 2.50 bits per heavy atom. The van der Waals surface area contributed by atoms with Crippen molar-refractivity contribution in [3.8, 4) is 17.6 Å². The van der Waals surface area contributed by atoms with E-state index < -0.39 is 0 Å². The van der Waals surface area contributed by atoms with Crippen molar-refractivity contribution in [1.29, 1.82) is 5.26 Å². The summed E-state index contributed by atoms with van der Waals surface area (Å²) in [7, 11) is 3.12. The van der Waals surface area contributed by atoms with Crippen LogP contribution in [0.1, 0.15) is 17.5 Å². The van der Waals surface area contributed by atoms with Gasteiger partial charge in [-0.1, -0.05) is 18.2 Å². The number of hydrogen-bond acceptors (Lipinski definition) is 5. The summed E-state index contributed by atoms with van der Waals surface area (Å²) in [5.74, 6) is 0.0762. The predicted octanol–water partition coefficient (Wildman–Crippen LogP) is 2.47. The SMILES string of the molecule is COc1ccc(CNC(=O)C2CC2C(=O)Nc2ccccc2C#N)cc1OC. The molecule has 1 fully saturated rings. The molecule has 0 heterocycles. The van der Waals surface area contributed by atoms with Gasteiger partial charge in [0, 0.05) is 6.54 Å². The van der Waals surface area contributed by atoms with Gasteiger partial charge in [0.2, 0.25) is 11.8 Å². The summed E-state index contributed by atoms with van der Waals surface area (Å²) < 4.78 is 10.4. The molecular formula is C21H21N3O4. The Labute approximate surface area is 163 Å². The molecule has 2 amide bonds. The number of anilines is 1. The van der Waals surface area contributed by atoms with E-state index in [9.17, 15) is 9.59 Å². The number of ether oxygens (including phenoxy) is 2. The number of benzene rings is 2. The van der Waals surface area contributed by atoms with Gasteiger partial charge in [-0.2, -0.15) is 5.26 Å². The van der Waals surface area contributed by atoms with Crippen LogP contribution in [-0.4, -0.2) is 26.0 Å². The molecule has 1 saturated carbocycles. The van der Waals surface area contributed by atoms with Gasteiger partial charge in [0.1, 0.15) is 6.07 Å². The zero-order chi connectivity index (χ0) is 20.1. The Hall–Kier alpha value is -3.53. The largest absolute Gasteiger partial charge is 0.493 e. The molecule has 7 heteroatoms. The average Bonchev–Trinajstić information content (AvgIpc) is 3.53. The van der Waals surface area contributed by atoms with E-state index in [0.29, 0.717) is 35.7 Å². The maximum absolute atomic E-state index is 12.4. The van der Waals surface area contributed by atoms with E-state index in [1.54, 1.807) is 50.6 Å². The number of methoxy groups -OCH3 is 2. The molecule has 0 radical (unpaired) electrons. The quantitative estimate of drug-likeness (QED) is 0.770. The molecular weight excluding hydrogens is 358 g/mol. The van der Waals surface area contributed by atoms with Gasteiger partial charge in [-0.3, -0.25) is 9.59 Å². The second-order valence-electron chi connectivity index (χ2n) is 6.50. The summed E-state index contributed by atoms with van der Waals surface area (Å²) in [6.45, 7) is 0.335. The Balaban J connectivity index is 1.53. The molecule has 1 aliphatic carbocycles. The Kier molecular flexibility index (Phi) is 5.80. The fourth-order valence-corrected chi connectivity index (χ4v) is 3.00. The van der Waals surface area contributed by atoms with Crippen LogP contribution in [0.2, 0.25) is 0 Å². The fourth-order valence-electron chi connectivity index (χ4n) is 3.00. The van der Waals surface area contributed by atoms with Crippen molar-refractivity contribution in [3.63, 3.8) is 0 Å². The van der Waals surface area contributed by atoms with Gasteiger partial charge in [-0.25, -0.2) is 0 Å². The molecule has 0 saturated heterocycles. The van der Waals surface area contributed by atoms with Crippen LogP contribution in [0.25, 0.3) is 0 Å². The Morgan fingerprint density at radius 2 is 1.79 bits per heavy atom. The number of nitrogens with zero attached hydrogens (tertiary/aromatic N) is 1. The zero-order valence-corrected chi connectivity index (χ0v) is 15.7. The third-order valence-corrected chi connectivity index (χ3v) is 4.68. The highest BCUT2D eigenvalue weighted by atomic mass is 16.5. The van der Waals surface area contributed by atoms with Crippen LogP contribution in [0, 0.1) is 23.2 Å². The standard InChI is InChI=1S/C21H21N3O4/c1-27-18-8-7-13(9-19(18)28-2)12-23-20(25)15-10-16(15)21(26)24-17-6-4-3-5-14(17)11-22/h3-9,15-16H,10,12H2,1-2H3,(H,23,25)(H,24,26). The number of para-hydroxylation sites is 1. The molecule has 2 aromatic carbocycles. The van der Waals surface area contributed by atoms with Crippen LogP contribution >= 0.6 is 0 Å². The number of carbonyl (C=O) groups excluding carboxylic acids is 2. The molecule has 2 unspecified atom stereocenters. The van der Waals surface area contributed by atoms with Crippen LogP contribution in [0.3, 0.4) is 0 Å². The molecule has 0 bridgehead atoms. The number of carbonyl (C=O) groups is 2. The zero-order valence-electron chi connectivity index (χ0n) is 15.7. The van der Waals surface area contributed by atoms with Gasteiger partial charge < -0.3 is 20.1 Å². The number of rotatable bonds is 7. The fraction of sp³-hybridized carbons (Fsp3) is 0.286. The van der Waals surface area contributed by atoms with E-state index in [-0.39, 0.29) is 23.7 Å². The van der Waals surface area contributed by atoms with Gasteiger partial charge in [-0.05, 0) is 36.2 Å². The Morgan fingerprint density at radius 1 is 1.07 bits per heavy atom. The van der Waals surface area contributed by atoms with Gasteiger partial charge in [0.05, 0.1) is 37.3 Å². The highest BCUT2D eigenvalue weighted by molar-refractivity contribution is 6.00. The lowest BCUT2D eigenvalue weighted by Gasteiger charge is -2.10. The molecule has 0 aliphatic heterocycles. The third kappa shape index (κ3) is 4.23. The van der Waals surface area contributed by atoms with E-state index in [4.69, 9.17) is 14.7 Å². The number of nitriles is 1. The van der Waals surface area contributed by atoms with Crippen molar-refractivity contribution in [2.24, 2.45) is 11.8 Å². The van der Waals surface area contributed by atoms with Crippen molar-refractivity contribution >= 4 is 17.5 Å². The minimum atomic E-state index is -0.378. The summed E-state index contributed by atoms with van der Waals surface area (Å²) in [4.78, 5) is 24.7. The van der Waals surface area contributed by atoms with Gasteiger partial charge in [0.15, 0.2) is 11.5 Å². The van der Waals surface area contributed by atoms with E-state index in [1.807, 2.05) is 12.1 Å². The summed E-state index contributed by atoms with van der Waals surface area (Å²) in [5.41, 5.74) is 1.73. The highest BCUT2D eigenvalue weighted by Crippen LogP contribution is 2.39. The predicted molar refractivity (Wildman–Crippen MR) is 103 cm³/mol. The van der Waals surface area contributed by atoms with E-state index in [0.717, 1.165) is 5.56 Å². The molecule has 0 spiro atoms. The van der Waals surface area contributed by atoms with E-state index >= 15 is 0 Å². The maximum atomic E-state index is 12.4. The molecule has 2 N–H and O–H groups in total. The van der Waals surface area contributed by atoms with Crippen molar-refractivity contribution in [1.82, 2.24) is 5.32 Å². The lowest BCUT2D eigenvalue weighted by Crippen LogP contribution is -2.27. The lowest BCUT2D eigenvalue weighted by atomic mass is 10.2. The third-order valence-electron chi connectivity index (χ3n) is 4.68. The van der Waals surface area contributed by atoms with Crippen LogP contribution < -0.4 is 20.1 Å². The normalized spacial score (nSPS) is 17.2. The van der Waals surface area contributed by atoms with Crippen molar-refractivity contribution < 1.29 is 19.1 Å². The second kappa shape index (κ2) is 8.44. The molecule has 0 aromatic heterocycles. The number of amides is 2. The van der Waals surface area contributed by atoms with Crippen molar-refractivity contribution in [3.05, 3.63) is 53.6 Å². The van der Waals surface area contributed by atoms with E-state index in [1.165, 1.54) is 0 Å². The van der Waals surface area contributed by atoms with Crippen LogP contribution in [0.4, 0.5) is 5.69 Å². The minimum absolute atomic E-state index is 0.163. The molecule has 144 valence electrons. The maximum Gasteiger partial charge on any atom is 0.228 e.